The van der Waals surface area contributed by atoms with Gasteiger partial charge < -0.3 is 9.47 Å². The number of carbonyl (C=O) groups excluding carboxylic acids is 1. The average molecular weight is 390 g/mol. The molecule has 0 fully saturated rings. The molecule has 0 unspecified atom stereocenters. The van der Waals surface area contributed by atoms with Crippen LogP contribution in [-0.2, 0) is 6.42 Å². The highest BCUT2D eigenvalue weighted by molar-refractivity contribution is 7.13. The predicted molar refractivity (Wildman–Crippen MR) is 109 cm³/mol. The SMILES string of the molecule is Cc1ccc(-c2nc(C(=O)CC3=NCCc4cc5c(cc43)OCO5)cs2)cc1. The minimum atomic E-state index is -0.0149. The van der Waals surface area contributed by atoms with Gasteiger partial charge in [-0.1, -0.05) is 29.8 Å². The third-order valence-corrected chi connectivity index (χ3v) is 5.90. The van der Waals surface area contributed by atoms with E-state index in [2.05, 4.69) is 29.0 Å². The van der Waals surface area contributed by atoms with Crippen molar-refractivity contribution in [1.82, 2.24) is 4.98 Å². The first kappa shape index (κ1) is 17.1. The van der Waals surface area contributed by atoms with Crippen LogP contribution in [0.15, 0.2) is 46.8 Å². The first-order valence-corrected chi connectivity index (χ1v) is 10.1. The number of rotatable bonds is 4. The molecule has 28 heavy (non-hydrogen) atoms. The summed E-state index contributed by atoms with van der Waals surface area (Å²) in [5.41, 5.74) is 5.67. The number of Topliss-reactive ketones (excluding diaryl/α,β-unsaturated/α-hetero) is 1. The molecule has 2 aliphatic heterocycles. The quantitative estimate of drug-likeness (QED) is 0.617. The van der Waals surface area contributed by atoms with E-state index in [9.17, 15) is 4.79 Å². The number of ketones is 1. The minimum absolute atomic E-state index is 0.0149. The molecule has 0 saturated heterocycles. The Kier molecular flexibility index (Phi) is 4.20. The molecule has 0 N–H and O–H groups in total. The minimum Gasteiger partial charge on any atom is -0.454 e. The van der Waals surface area contributed by atoms with E-state index in [4.69, 9.17) is 9.47 Å². The second kappa shape index (κ2) is 6.87. The molecule has 5 rings (SSSR count). The highest BCUT2D eigenvalue weighted by atomic mass is 32.1. The van der Waals surface area contributed by atoms with Crippen molar-refractivity contribution in [3.05, 3.63) is 64.2 Å². The van der Waals surface area contributed by atoms with E-state index < -0.39 is 0 Å². The maximum Gasteiger partial charge on any atom is 0.231 e. The number of ether oxygens (including phenoxy) is 2. The fourth-order valence-electron chi connectivity index (χ4n) is 3.48. The summed E-state index contributed by atoms with van der Waals surface area (Å²) in [5.74, 6) is 1.48. The Labute approximate surface area is 166 Å². The molecule has 0 saturated carbocycles. The van der Waals surface area contributed by atoms with Crippen molar-refractivity contribution < 1.29 is 14.3 Å². The largest absolute Gasteiger partial charge is 0.454 e. The van der Waals surface area contributed by atoms with Crippen LogP contribution in [0.4, 0.5) is 0 Å². The van der Waals surface area contributed by atoms with Crippen molar-refractivity contribution in [3.8, 4) is 22.1 Å². The Bertz CT molecular complexity index is 1100. The van der Waals surface area contributed by atoms with Gasteiger partial charge in [-0.15, -0.1) is 11.3 Å². The molecular weight excluding hydrogens is 372 g/mol. The van der Waals surface area contributed by atoms with E-state index >= 15 is 0 Å². The third-order valence-electron chi connectivity index (χ3n) is 5.01. The Hall–Kier alpha value is -2.99. The number of fused-ring (bicyclic) bond motifs is 2. The lowest BCUT2D eigenvalue weighted by molar-refractivity contribution is 0.0996. The number of aromatic nitrogens is 1. The zero-order valence-electron chi connectivity index (χ0n) is 15.4. The number of hydrogen-bond acceptors (Lipinski definition) is 6. The van der Waals surface area contributed by atoms with Crippen molar-refractivity contribution in [2.24, 2.45) is 4.99 Å². The smallest absolute Gasteiger partial charge is 0.231 e. The monoisotopic (exact) mass is 390 g/mol. The molecule has 0 spiro atoms. The van der Waals surface area contributed by atoms with Crippen LogP contribution in [0.3, 0.4) is 0 Å². The summed E-state index contributed by atoms with van der Waals surface area (Å²) in [5, 5.41) is 2.69. The summed E-state index contributed by atoms with van der Waals surface area (Å²) < 4.78 is 11.0. The van der Waals surface area contributed by atoms with Gasteiger partial charge in [0.1, 0.15) is 10.7 Å². The zero-order valence-corrected chi connectivity index (χ0v) is 16.2. The van der Waals surface area contributed by atoms with Crippen LogP contribution in [0.2, 0.25) is 0 Å². The van der Waals surface area contributed by atoms with E-state index in [1.807, 2.05) is 29.6 Å². The highest BCUT2D eigenvalue weighted by Crippen LogP contribution is 2.36. The number of carbonyl (C=O) groups is 1. The number of nitrogens with zero attached hydrogens (tertiary/aromatic N) is 2. The lowest BCUT2D eigenvalue weighted by Gasteiger charge is -2.17. The van der Waals surface area contributed by atoms with E-state index in [1.54, 1.807) is 0 Å². The summed E-state index contributed by atoms with van der Waals surface area (Å²) in [7, 11) is 0. The highest BCUT2D eigenvalue weighted by Gasteiger charge is 2.24. The number of benzene rings is 2. The van der Waals surface area contributed by atoms with E-state index in [0.717, 1.165) is 45.3 Å². The molecule has 3 heterocycles. The lowest BCUT2D eigenvalue weighted by Crippen LogP contribution is -2.17. The summed E-state index contributed by atoms with van der Waals surface area (Å²) in [4.78, 5) is 22.0. The predicted octanol–water partition coefficient (Wildman–Crippen LogP) is 4.47. The van der Waals surface area contributed by atoms with Crippen LogP contribution in [0.25, 0.3) is 10.6 Å². The number of hydrogen-bond donors (Lipinski definition) is 0. The molecule has 5 nitrogen and oxygen atoms in total. The summed E-state index contributed by atoms with van der Waals surface area (Å²) in [6, 6.07) is 12.1. The standard InChI is InChI=1S/C22H18N2O3S/c1-13-2-4-14(5-3-13)22-24-18(11-28-22)19(25)10-17-16-9-21-20(26-12-27-21)8-15(16)6-7-23-17/h2-5,8-9,11H,6-7,10,12H2,1H3. The van der Waals surface area contributed by atoms with Crippen molar-refractivity contribution in [1.29, 1.82) is 0 Å². The Balaban J connectivity index is 1.38. The average Bonchev–Trinajstić information content (AvgIpc) is 3.36. The number of aliphatic imine (C=N–C) groups is 1. The molecule has 2 aliphatic rings. The lowest BCUT2D eigenvalue weighted by atomic mass is 9.94. The van der Waals surface area contributed by atoms with Crippen LogP contribution in [0.1, 0.15) is 33.6 Å². The molecule has 0 bridgehead atoms. The van der Waals surface area contributed by atoms with Gasteiger partial charge >= 0.3 is 0 Å². The molecule has 1 aromatic heterocycles. The number of aryl methyl sites for hydroxylation is 1. The second-order valence-electron chi connectivity index (χ2n) is 6.94. The van der Waals surface area contributed by atoms with E-state index in [0.29, 0.717) is 12.2 Å². The van der Waals surface area contributed by atoms with Gasteiger partial charge in [-0.05, 0) is 31.0 Å². The van der Waals surface area contributed by atoms with E-state index in [-0.39, 0.29) is 19.0 Å². The van der Waals surface area contributed by atoms with Crippen LogP contribution < -0.4 is 9.47 Å². The maximum atomic E-state index is 12.9. The van der Waals surface area contributed by atoms with Gasteiger partial charge in [-0.3, -0.25) is 9.79 Å². The summed E-state index contributed by atoms with van der Waals surface area (Å²) >= 11 is 1.49. The Morgan fingerprint density at radius 1 is 1.14 bits per heavy atom. The topological polar surface area (TPSA) is 60.8 Å². The normalized spacial score (nSPS) is 14.5. The van der Waals surface area contributed by atoms with Crippen LogP contribution in [0, 0.1) is 6.92 Å². The molecular formula is C22H18N2O3S. The molecule has 140 valence electrons. The number of thiazole rings is 1. The van der Waals surface area contributed by atoms with Gasteiger partial charge in [0.15, 0.2) is 17.3 Å². The van der Waals surface area contributed by atoms with Gasteiger partial charge in [0.05, 0.1) is 12.1 Å². The summed E-state index contributed by atoms with van der Waals surface area (Å²) in [6.45, 7) is 2.97. The van der Waals surface area contributed by atoms with Crippen molar-refractivity contribution in [3.63, 3.8) is 0 Å². The molecule has 0 amide bonds. The van der Waals surface area contributed by atoms with Crippen molar-refractivity contribution >= 4 is 22.8 Å². The first-order chi connectivity index (χ1) is 13.7. The maximum absolute atomic E-state index is 12.9. The third kappa shape index (κ3) is 3.10. The van der Waals surface area contributed by atoms with Gasteiger partial charge in [0.2, 0.25) is 6.79 Å². The van der Waals surface area contributed by atoms with Crippen LogP contribution in [-0.4, -0.2) is 29.8 Å². The molecule has 0 radical (unpaired) electrons. The zero-order chi connectivity index (χ0) is 19.1. The second-order valence-corrected chi connectivity index (χ2v) is 7.80. The molecule has 2 aromatic carbocycles. The fraction of sp³-hybridized carbons (Fsp3) is 0.227. The summed E-state index contributed by atoms with van der Waals surface area (Å²) in [6.07, 6.45) is 1.08. The molecule has 3 aromatic rings. The molecule has 6 heteroatoms. The molecule has 0 aliphatic carbocycles. The van der Waals surface area contributed by atoms with Crippen molar-refractivity contribution in [2.75, 3.05) is 13.3 Å². The van der Waals surface area contributed by atoms with Gasteiger partial charge in [-0.2, -0.15) is 0 Å². The first-order valence-electron chi connectivity index (χ1n) is 9.19. The fourth-order valence-corrected chi connectivity index (χ4v) is 4.31. The van der Waals surface area contributed by atoms with Gasteiger partial charge in [0.25, 0.3) is 0 Å². The van der Waals surface area contributed by atoms with Crippen molar-refractivity contribution in [2.45, 2.75) is 19.8 Å². The van der Waals surface area contributed by atoms with Gasteiger partial charge in [-0.25, -0.2) is 4.98 Å². The van der Waals surface area contributed by atoms with Crippen LogP contribution >= 0.6 is 11.3 Å². The van der Waals surface area contributed by atoms with Gasteiger partial charge in [0, 0.05) is 23.1 Å². The molecule has 0 atom stereocenters. The van der Waals surface area contributed by atoms with Crippen LogP contribution in [0.5, 0.6) is 11.5 Å². The Morgan fingerprint density at radius 3 is 2.75 bits per heavy atom. The van der Waals surface area contributed by atoms with E-state index in [1.165, 1.54) is 16.9 Å². The Morgan fingerprint density at radius 2 is 1.93 bits per heavy atom.